The largest absolute Gasteiger partial charge is 0.493 e. The van der Waals surface area contributed by atoms with Crippen LogP contribution in [0.25, 0.3) is 10.8 Å². The Kier molecular flexibility index (Phi) is 4.77. The van der Waals surface area contributed by atoms with Crippen molar-refractivity contribution >= 4 is 10.8 Å². The van der Waals surface area contributed by atoms with Gasteiger partial charge in [-0.1, -0.05) is 42.5 Å². The summed E-state index contributed by atoms with van der Waals surface area (Å²) in [4.78, 5) is 2.55. The average molecular weight is 432 g/mol. The van der Waals surface area contributed by atoms with Gasteiger partial charge in [-0.2, -0.15) is 0 Å². The predicted molar refractivity (Wildman–Crippen MR) is 123 cm³/mol. The van der Waals surface area contributed by atoms with Crippen LogP contribution < -0.4 is 14.2 Å². The zero-order valence-electron chi connectivity index (χ0n) is 18.4. The van der Waals surface area contributed by atoms with Crippen LogP contribution in [0, 0.1) is 0 Å². The second kappa shape index (κ2) is 7.68. The number of hydrogen-bond donors (Lipinski definition) is 1. The SMILES string of the molecule is COc1cccc2c1O[C@@H](CN1[C@@H]3CC[C@H]1CC(O)(c1ccc4ccccc4c1)C3)CO2. The van der Waals surface area contributed by atoms with E-state index in [1.165, 1.54) is 10.8 Å². The minimum atomic E-state index is -0.772. The van der Waals surface area contributed by atoms with Crippen LogP contribution in [0.2, 0.25) is 0 Å². The van der Waals surface area contributed by atoms with Crippen molar-refractivity contribution < 1.29 is 19.3 Å². The van der Waals surface area contributed by atoms with Gasteiger partial charge < -0.3 is 19.3 Å². The lowest BCUT2D eigenvalue weighted by molar-refractivity contribution is -0.0688. The molecule has 2 saturated heterocycles. The molecule has 2 fully saturated rings. The average Bonchev–Trinajstić information content (AvgIpc) is 3.07. The number of para-hydroxylation sites is 1. The summed E-state index contributed by atoms with van der Waals surface area (Å²) in [7, 11) is 1.65. The van der Waals surface area contributed by atoms with Crippen LogP contribution in [0.4, 0.5) is 0 Å². The number of hydrogen-bond acceptors (Lipinski definition) is 5. The number of rotatable bonds is 4. The zero-order valence-corrected chi connectivity index (χ0v) is 18.4. The Morgan fingerprint density at radius 2 is 1.78 bits per heavy atom. The van der Waals surface area contributed by atoms with Crippen molar-refractivity contribution in [2.45, 2.75) is 49.5 Å². The molecular weight excluding hydrogens is 402 g/mol. The van der Waals surface area contributed by atoms with Gasteiger partial charge in [-0.15, -0.1) is 0 Å². The second-order valence-corrected chi connectivity index (χ2v) is 9.42. The number of aliphatic hydroxyl groups is 1. The van der Waals surface area contributed by atoms with Crippen molar-refractivity contribution in [3.8, 4) is 17.2 Å². The van der Waals surface area contributed by atoms with Crippen molar-refractivity contribution in [3.63, 3.8) is 0 Å². The Hall–Kier alpha value is -2.76. The van der Waals surface area contributed by atoms with E-state index < -0.39 is 5.60 Å². The normalized spacial score (nSPS) is 29.2. The maximum absolute atomic E-state index is 11.7. The molecule has 0 aliphatic carbocycles. The van der Waals surface area contributed by atoms with E-state index in [1.807, 2.05) is 18.2 Å². The molecule has 0 radical (unpaired) electrons. The van der Waals surface area contributed by atoms with Crippen LogP contribution in [-0.4, -0.2) is 48.5 Å². The molecule has 0 saturated carbocycles. The zero-order chi connectivity index (χ0) is 21.7. The fraction of sp³-hybridized carbons (Fsp3) is 0.407. The molecule has 3 aliphatic heterocycles. The minimum Gasteiger partial charge on any atom is -0.493 e. The fourth-order valence-corrected chi connectivity index (χ4v) is 5.92. The standard InChI is InChI=1S/C27H29NO4/c1-30-24-7-4-8-25-26(24)32-23(17-31-25)16-28-21-11-12-22(28)15-27(29,14-21)20-10-9-18-5-2-3-6-19(18)13-20/h2-10,13,21-23,29H,11-12,14-17H2,1H3/t21-,22+,23-,27?/m0/s1. The van der Waals surface area contributed by atoms with E-state index in [-0.39, 0.29) is 6.10 Å². The van der Waals surface area contributed by atoms with E-state index in [9.17, 15) is 5.11 Å². The van der Waals surface area contributed by atoms with Gasteiger partial charge >= 0.3 is 0 Å². The number of nitrogens with zero attached hydrogens (tertiary/aromatic N) is 1. The van der Waals surface area contributed by atoms with E-state index in [0.29, 0.717) is 30.2 Å². The molecule has 32 heavy (non-hydrogen) atoms. The van der Waals surface area contributed by atoms with Crippen LogP contribution in [0.3, 0.4) is 0 Å². The van der Waals surface area contributed by atoms with Crippen LogP contribution in [0.1, 0.15) is 31.2 Å². The molecule has 3 aromatic carbocycles. The molecule has 6 rings (SSSR count). The van der Waals surface area contributed by atoms with Crippen molar-refractivity contribution in [1.29, 1.82) is 0 Å². The molecule has 2 bridgehead atoms. The lowest BCUT2D eigenvalue weighted by Gasteiger charge is -2.45. The molecule has 0 amide bonds. The van der Waals surface area contributed by atoms with Gasteiger partial charge in [0.25, 0.3) is 0 Å². The van der Waals surface area contributed by atoms with Crippen LogP contribution >= 0.6 is 0 Å². The predicted octanol–water partition coefficient (Wildman–Crippen LogP) is 4.50. The molecule has 0 spiro atoms. The van der Waals surface area contributed by atoms with E-state index >= 15 is 0 Å². The third kappa shape index (κ3) is 3.31. The summed E-state index contributed by atoms with van der Waals surface area (Å²) in [5.41, 5.74) is 0.273. The summed E-state index contributed by atoms with van der Waals surface area (Å²) in [6.45, 7) is 1.34. The maximum atomic E-state index is 11.7. The van der Waals surface area contributed by atoms with Gasteiger partial charge in [-0.05, 0) is 60.2 Å². The van der Waals surface area contributed by atoms with Crippen molar-refractivity contribution in [2.75, 3.05) is 20.3 Å². The van der Waals surface area contributed by atoms with Crippen LogP contribution in [0.15, 0.2) is 60.7 Å². The van der Waals surface area contributed by atoms with Gasteiger partial charge in [0, 0.05) is 18.6 Å². The lowest BCUT2D eigenvalue weighted by atomic mass is 9.80. The van der Waals surface area contributed by atoms with Gasteiger partial charge in [-0.25, -0.2) is 0 Å². The number of fused-ring (bicyclic) bond motifs is 4. The first-order valence-electron chi connectivity index (χ1n) is 11.6. The van der Waals surface area contributed by atoms with Crippen molar-refractivity contribution in [2.24, 2.45) is 0 Å². The van der Waals surface area contributed by atoms with E-state index in [4.69, 9.17) is 14.2 Å². The first kappa shape index (κ1) is 19.9. The highest BCUT2D eigenvalue weighted by Gasteiger charge is 2.49. The topological polar surface area (TPSA) is 51.2 Å². The first-order valence-corrected chi connectivity index (χ1v) is 11.6. The maximum Gasteiger partial charge on any atom is 0.204 e. The molecule has 3 aliphatic rings. The molecular formula is C27H29NO4. The van der Waals surface area contributed by atoms with Gasteiger partial charge in [-0.3, -0.25) is 4.90 Å². The third-order valence-corrected chi connectivity index (χ3v) is 7.49. The quantitative estimate of drug-likeness (QED) is 0.659. The summed E-state index contributed by atoms with van der Waals surface area (Å²) in [5.74, 6) is 2.15. The smallest absolute Gasteiger partial charge is 0.204 e. The summed E-state index contributed by atoms with van der Waals surface area (Å²) in [5, 5.41) is 14.1. The molecule has 5 nitrogen and oxygen atoms in total. The molecule has 3 heterocycles. The number of piperidine rings is 1. The Bertz CT molecular complexity index is 1120. The van der Waals surface area contributed by atoms with Gasteiger partial charge in [0.1, 0.15) is 12.7 Å². The minimum absolute atomic E-state index is 0.0474. The summed E-state index contributed by atoms with van der Waals surface area (Å²) in [6, 6.07) is 21.2. The molecule has 166 valence electrons. The Morgan fingerprint density at radius 3 is 2.56 bits per heavy atom. The van der Waals surface area contributed by atoms with Crippen molar-refractivity contribution in [1.82, 2.24) is 4.90 Å². The Labute approximate surface area is 188 Å². The number of ether oxygens (including phenoxy) is 3. The molecule has 1 N–H and O–H groups in total. The highest BCUT2D eigenvalue weighted by Crippen LogP contribution is 2.47. The van der Waals surface area contributed by atoms with Crippen LogP contribution in [0.5, 0.6) is 17.2 Å². The second-order valence-electron chi connectivity index (χ2n) is 9.42. The van der Waals surface area contributed by atoms with Crippen LogP contribution in [-0.2, 0) is 5.60 Å². The summed E-state index contributed by atoms with van der Waals surface area (Å²) >= 11 is 0. The lowest BCUT2D eigenvalue weighted by Crippen LogP contribution is -2.53. The van der Waals surface area contributed by atoms with Gasteiger partial charge in [0.15, 0.2) is 11.5 Å². The number of benzene rings is 3. The van der Waals surface area contributed by atoms with E-state index in [0.717, 1.165) is 43.5 Å². The number of methoxy groups -OCH3 is 1. The third-order valence-electron chi connectivity index (χ3n) is 7.49. The molecule has 0 aromatic heterocycles. The fourth-order valence-electron chi connectivity index (χ4n) is 5.92. The highest BCUT2D eigenvalue weighted by atomic mass is 16.6. The van der Waals surface area contributed by atoms with Gasteiger partial charge in [0.2, 0.25) is 5.75 Å². The van der Waals surface area contributed by atoms with Gasteiger partial charge in [0.05, 0.1) is 12.7 Å². The molecule has 3 aromatic rings. The summed E-state index contributed by atoms with van der Waals surface area (Å²) in [6.07, 6.45) is 3.71. The summed E-state index contributed by atoms with van der Waals surface area (Å²) < 4.78 is 17.8. The molecule has 5 heteroatoms. The molecule has 4 atom stereocenters. The Balaban J connectivity index is 1.20. The van der Waals surface area contributed by atoms with E-state index in [1.54, 1.807) is 7.11 Å². The highest BCUT2D eigenvalue weighted by molar-refractivity contribution is 5.83. The van der Waals surface area contributed by atoms with E-state index in [2.05, 4.69) is 47.4 Å². The molecule has 1 unspecified atom stereocenters. The first-order chi connectivity index (χ1) is 15.6. The Morgan fingerprint density at radius 1 is 1.00 bits per heavy atom. The van der Waals surface area contributed by atoms with Crippen molar-refractivity contribution in [3.05, 3.63) is 66.2 Å². The monoisotopic (exact) mass is 431 g/mol.